The number of hydrogen-bond donors (Lipinski definition) is 2. The lowest BCUT2D eigenvalue weighted by molar-refractivity contribution is 0.379. The normalized spacial score (nSPS) is 13.7. The molecule has 0 spiro atoms. The smallest absolute Gasteiger partial charge is 0.225 e. The minimum absolute atomic E-state index is 0.105. The second-order valence-corrected chi connectivity index (χ2v) is 9.89. The molecular formula is C18H24N2O4S2. The number of nitrogens with one attached hydrogen (secondary N) is 1. The molecule has 0 saturated heterocycles. The van der Waals surface area contributed by atoms with E-state index in [0.717, 1.165) is 18.1 Å². The van der Waals surface area contributed by atoms with Crippen molar-refractivity contribution in [1.82, 2.24) is 4.72 Å². The van der Waals surface area contributed by atoms with Crippen LogP contribution >= 0.6 is 0 Å². The van der Waals surface area contributed by atoms with Gasteiger partial charge >= 0.3 is 0 Å². The predicted molar refractivity (Wildman–Crippen MR) is 101 cm³/mol. The number of sulfonamides is 2. The van der Waals surface area contributed by atoms with E-state index in [1.807, 2.05) is 44.2 Å². The summed E-state index contributed by atoms with van der Waals surface area (Å²) in [6.07, 6.45) is 0.748. The SMILES string of the molecule is CC(C)C(CNS(=O)(=O)c1cccc(S(N)(=O)=O)c1)Cc1ccccc1. The van der Waals surface area contributed by atoms with Crippen LogP contribution in [0, 0.1) is 11.8 Å². The van der Waals surface area contributed by atoms with Gasteiger partial charge in [0.05, 0.1) is 9.79 Å². The van der Waals surface area contributed by atoms with Gasteiger partial charge in [-0.1, -0.05) is 50.2 Å². The van der Waals surface area contributed by atoms with Crippen molar-refractivity contribution in [3.63, 3.8) is 0 Å². The second-order valence-electron chi connectivity index (χ2n) is 6.57. The van der Waals surface area contributed by atoms with Crippen LogP contribution in [0.1, 0.15) is 19.4 Å². The summed E-state index contributed by atoms with van der Waals surface area (Å²) < 4.78 is 50.5. The lowest BCUT2D eigenvalue weighted by Crippen LogP contribution is -2.32. The van der Waals surface area contributed by atoms with Crippen molar-refractivity contribution in [2.45, 2.75) is 30.1 Å². The Morgan fingerprint density at radius 3 is 2.12 bits per heavy atom. The highest BCUT2D eigenvalue weighted by molar-refractivity contribution is 7.90. The summed E-state index contributed by atoms with van der Waals surface area (Å²) in [6, 6.07) is 14.9. The Balaban J connectivity index is 2.15. The van der Waals surface area contributed by atoms with E-state index in [0.29, 0.717) is 0 Å². The molecule has 3 N–H and O–H groups in total. The van der Waals surface area contributed by atoms with Gasteiger partial charge in [-0.05, 0) is 42.0 Å². The molecule has 142 valence electrons. The topological polar surface area (TPSA) is 106 Å². The molecule has 26 heavy (non-hydrogen) atoms. The van der Waals surface area contributed by atoms with Crippen LogP contribution in [0.5, 0.6) is 0 Å². The van der Waals surface area contributed by atoms with Gasteiger partial charge in [-0.3, -0.25) is 0 Å². The molecule has 2 rings (SSSR count). The fourth-order valence-electron chi connectivity index (χ4n) is 2.58. The molecule has 0 aliphatic carbocycles. The molecule has 0 bridgehead atoms. The fraction of sp³-hybridized carbons (Fsp3) is 0.333. The Morgan fingerprint density at radius 1 is 0.923 bits per heavy atom. The first-order valence-electron chi connectivity index (χ1n) is 8.26. The molecule has 0 aromatic heterocycles. The summed E-state index contributed by atoms with van der Waals surface area (Å²) in [5.41, 5.74) is 1.14. The van der Waals surface area contributed by atoms with E-state index < -0.39 is 20.0 Å². The molecule has 0 amide bonds. The average Bonchev–Trinajstić information content (AvgIpc) is 2.58. The van der Waals surface area contributed by atoms with E-state index in [2.05, 4.69) is 4.72 Å². The molecule has 1 atom stereocenters. The molecule has 8 heteroatoms. The molecule has 6 nitrogen and oxygen atoms in total. The Labute approximate surface area is 155 Å². The van der Waals surface area contributed by atoms with E-state index in [4.69, 9.17) is 5.14 Å². The molecule has 0 aliphatic rings. The Bertz CT molecular complexity index is 940. The van der Waals surface area contributed by atoms with Gasteiger partial charge in [0.1, 0.15) is 0 Å². The van der Waals surface area contributed by atoms with Crippen molar-refractivity contribution >= 4 is 20.0 Å². The van der Waals surface area contributed by atoms with Crippen LogP contribution in [-0.4, -0.2) is 23.4 Å². The highest BCUT2D eigenvalue weighted by atomic mass is 32.2. The predicted octanol–water partition coefficient (Wildman–Crippen LogP) is 2.13. The highest BCUT2D eigenvalue weighted by Gasteiger charge is 2.21. The van der Waals surface area contributed by atoms with E-state index in [1.165, 1.54) is 18.2 Å². The summed E-state index contributed by atoms with van der Waals surface area (Å²) in [6.45, 7) is 4.35. The van der Waals surface area contributed by atoms with Crippen molar-refractivity contribution in [1.29, 1.82) is 0 Å². The Kier molecular flexibility index (Phi) is 6.57. The average molecular weight is 397 g/mol. The van der Waals surface area contributed by atoms with E-state index >= 15 is 0 Å². The maximum Gasteiger partial charge on any atom is 0.240 e. The Hall–Kier alpha value is -1.74. The van der Waals surface area contributed by atoms with E-state index in [1.54, 1.807) is 0 Å². The van der Waals surface area contributed by atoms with Crippen LogP contribution in [0.3, 0.4) is 0 Å². The van der Waals surface area contributed by atoms with Gasteiger partial charge in [0, 0.05) is 6.54 Å². The fourth-order valence-corrected chi connectivity index (χ4v) is 4.35. The van der Waals surface area contributed by atoms with Crippen LogP contribution in [-0.2, 0) is 26.5 Å². The van der Waals surface area contributed by atoms with Gasteiger partial charge in [-0.25, -0.2) is 26.7 Å². The van der Waals surface area contributed by atoms with Crippen molar-refractivity contribution in [2.24, 2.45) is 17.0 Å². The molecule has 2 aromatic rings. The quantitative estimate of drug-likeness (QED) is 0.713. The van der Waals surface area contributed by atoms with Crippen LogP contribution in [0.2, 0.25) is 0 Å². The monoisotopic (exact) mass is 396 g/mol. The van der Waals surface area contributed by atoms with Gasteiger partial charge in [-0.15, -0.1) is 0 Å². The first-order valence-corrected chi connectivity index (χ1v) is 11.3. The maximum atomic E-state index is 12.5. The number of rotatable bonds is 8. The third-order valence-corrected chi connectivity index (χ3v) is 6.60. The van der Waals surface area contributed by atoms with Crippen molar-refractivity contribution in [3.8, 4) is 0 Å². The molecule has 1 unspecified atom stereocenters. The molecule has 2 aromatic carbocycles. The van der Waals surface area contributed by atoms with Gasteiger partial charge in [-0.2, -0.15) is 0 Å². The largest absolute Gasteiger partial charge is 0.240 e. The van der Waals surface area contributed by atoms with E-state index in [9.17, 15) is 16.8 Å². The number of nitrogens with two attached hydrogens (primary N) is 1. The molecular weight excluding hydrogens is 372 g/mol. The summed E-state index contributed by atoms with van der Waals surface area (Å²) in [5.74, 6) is 0.377. The van der Waals surface area contributed by atoms with Crippen LogP contribution in [0.4, 0.5) is 0 Å². The third-order valence-electron chi connectivity index (χ3n) is 4.26. The van der Waals surface area contributed by atoms with Gasteiger partial charge in [0.15, 0.2) is 0 Å². The third kappa shape index (κ3) is 5.63. The molecule has 0 fully saturated rings. The first kappa shape index (κ1) is 20.6. The zero-order valence-electron chi connectivity index (χ0n) is 14.8. The number of primary sulfonamides is 1. The maximum absolute atomic E-state index is 12.5. The molecule has 0 heterocycles. The standard InChI is InChI=1S/C18H24N2O4S2/c1-14(2)16(11-15-7-4-3-5-8-15)13-20-26(23,24)18-10-6-9-17(12-18)25(19,21)22/h3-10,12,14,16,20H,11,13H2,1-2H3,(H2,19,21,22). The van der Waals surface area contributed by atoms with Gasteiger partial charge in [0.2, 0.25) is 20.0 Å². The summed E-state index contributed by atoms with van der Waals surface area (Å²) in [7, 11) is -7.80. The number of benzene rings is 2. The molecule has 0 aliphatic heterocycles. The molecule has 0 radical (unpaired) electrons. The minimum atomic E-state index is -3.96. The summed E-state index contributed by atoms with van der Waals surface area (Å²) in [4.78, 5) is -0.351. The lowest BCUT2D eigenvalue weighted by atomic mass is 9.89. The van der Waals surface area contributed by atoms with Gasteiger partial charge < -0.3 is 0 Å². The number of hydrogen-bond acceptors (Lipinski definition) is 4. The van der Waals surface area contributed by atoms with Crippen LogP contribution < -0.4 is 9.86 Å². The van der Waals surface area contributed by atoms with Crippen molar-refractivity contribution < 1.29 is 16.8 Å². The van der Waals surface area contributed by atoms with Gasteiger partial charge in [0.25, 0.3) is 0 Å². The zero-order valence-corrected chi connectivity index (χ0v) is 16.4. The summed E-state index contributed by atoms with van der Waals surface area (Å²) in [5, 5.41) is 5.07. The zero-order chi connectivity index (χ0) is 19.4. The van der Waals surface area contributed by atoms with Crippen LogP contribution in [0.15, 0.2) is 64.4 Å². The highest BCUT2D eigenvalue weighted by Crippen LogP contribution is 2.19. The molecule has 0 saturated carbocycles. The Morgan fingerprint density at radius 2 is 1.54 bits per heavy atom. The van der Waals surface area contributed by atoms with Crippen LogP contribution in [0.25, 0.3) is 0 Å². The summed E-state index contributed by atoms with van der Waals surface area (Å²) >= 11 is 0. The van der Waals surface area contributed by atoms with Crippen molar-refractivity contribution in [3.05, 3.63) is 60.2 Å². The van der Waals surface area contributed by atoms with Crippen molar-refractivity contribution in [2.75, 3.05) is 6.54 Å². The second kappa shape index (κ2) is 8.30. The lowest BCUT2D eigenvalue weighted by Gasteiger charge is -2.21. The van der Waals surface area contributed by atoms with E-state index in [-0.39, 0.29) is 28.2 Å². The first-order chi connectivity index (χ1) is 12.1. The minimum Gasteiger partial charge on any atom is -0.225 e.